The Hall–Kier alpha value is -4.06. The molecular formula is C35H38BNO8. The number of aliphatic hydroxyl groups is 3. The van der Waals surface area contributed by atoms with Crippen LogP contribution in [0.4, 0.5) is 5.69 Å². The van der Waals surface area contributed by atoms with Gasteiger partial charge in [0.05, 0.1) is 36.8 Å². The predicted molar refractivity (Wildman–Crippen MR) is 172 cm³/mol. The monoisotopic (exact) mass is 611 g/mol. The largest absolute Gasteiger partial charge is 0.507 e. The highest BCUT2D eigenvalue weighted by atomic mass is 16.4. The standard InChI is InChI=1S/C35H38BNO8/c1-20-13-22(14-21(2)33(20)41)15-24(23-7-4-3-5-8-23)11-12-30(40)31-25(18-38)16-28-32(29(31)19-39)35(43)37(34(28)42)27-10-6-9-26(17-27)36(44)45/h3-10,13-15,17,28-30,32,38-41,44-45H,11-12,16,18-19H2,1-2H3/b24-15-/t28-,29+,30-,32-/m1/s1. The molecule has 1 fully saturated rings. The van der Waals surface area contributed by atoms with Crippen molar-refractivity contribution in [3.63, 3.8) is 0 Å². The fraction of sp³-hybridized carbons (Fsp3) is 0.314. The molecule has 0 saturated carbocycles. The summed E-state index contributed by atoms with van der Waals surface area (Å²) < 4.78 is 0. The molecule has 3 aromatic rings. The van der Waals surface area contributed by atoms with Crippen molar-refractivity contribution in [2.75, 3.05) is 18.1 Å². The average Bonchev–Trinajstić information content (AvgIpc) is 3.29. The van der Waals surface area contributed by atoms with Crippen molar-refractivity contribution in [3.05, 3.63) is 100 Å². The zero-order valence-electron chi connectivity index (χ0n) is 25.3. The summed E-state index contributed by atoms with van der Waals surface area (Å²) in [5.74, 6) is -3.47. The Morgan fingerprint density at radius 2 is 1.67 bits per heavy atom. The van der Waals surface area contributed by atoms with Crippen LogP contribution in [0, 0.1) is 31.6 Å². The van der Waals surface area contributed by atoms with Gasteiger partial charge in [-0.2, -0.15) is 0 Å². The van der Waals surface area contributed by atoms with Gasteiger partial charge in [-0.15, -0.1) is 0 Å². The van der Waals surface area contributed by atoms with Crippen LogP contribution in [0.1, 0.15) is 41.5 Å². The Labute approximate surface area is 262 Å². The number of aliphatic hydroxyl groups excluding tert-OH is 3. The van der Waals surface area contributed by atoms with E-state index in [1.54, 1.807) is 0 Å². The van der Waals surface area contributed by atoms with Crippen molar-refractivity contribution in [2.24, 2.45) is 17.8 Å². The van der Waals surface area contributed by atoms with Crippen LogP contribution in [0.2, 0.25) is 0 Å². The zero-order chi connectivity index (χ0) is 32.4. The molecule has 2 aliphatic rings. The Morgan fingerprint density at radius 3 is 2.29 bits per heavy atom. The Balaban J connectivity index is 1.44. The van der Waals surface area contributed by atoms with E-state index in [0.717, 1.165) is 32.7 Å². The number of phenols is 1. The number of allylic oxidation sites excluding steroid dienone is 1. The van der Waals surface area contributed by atoms with Gasteiger partial charge >= 0.3 is 7.12 Å². The average molecular weight is 612 g/mol. The van der Waals surface area contributed by atoms with Crippen LogP contribution in [0.25, 0.3) is 11.6 Å². The number of amides is 2. The van der Waals surface area contributed by atoms with Gasteiger partial charge in [-0.3, -0.25) is 14.5 Å². The molecule has 6 N–H and O–H groups in total. The van der Waals surface area contributed by atoms with Crippen LogP contribution < -0.4 is 10.4 Å². The third-order valence-electron chi connectivity index (χ3n) is 9.04. The lowest BCUT2D eigenvalue weighted by atomic mass is 9.68. The zero-order valence-corrected chi connectivity index (χ0v) is 25.3. The number of nitrogens with zero attached hydrogens (tertiary/aromatic N) is 1. The number of benzene rings is 3. The Kier molecular flexibility index (Phi) is 9.72. The maximum absolute atomic E-state index is 13.8. The second kappa shape index (κ2) is 13.5. The van der Waals surface area contributed by atoms with Crippen LogP contribution in [0.15, 0.2) is 77.9 Å². The van der Waals surface area contributed by atoms with Gasteiger partial charge in [0.25, 0.3) is 0 Å². The van der Waals surface area contributed by atoms with E-state index in [9.17, 15) is 40.1 Å². The first kappa shape index (κ1) is 32.3. The number of aryl methyl sites for hydroxylation is 2. The third-order valence-corrected chi connectivity index (χ3v) is 9.04. The number of hydrogen-bond acceptors (Lipinski definition) is 8. The molecule has 2 amide bonds. The van der Waals surface area contributed by atoms with Crippen molar-refractivity contribution >= 4 is 41.7 Å². The number of anilines is 1. The minimum atomic E-state index is -1.79. The van der Waals surface area contributed by atoms with E-state index >= 15 is 0 Å². The fourth-order valence-electron chi connectivity index (χ4n) is 6.86. The number of imide groups is 1. The number of phenolic OH excluding ortho intramolecular Hbond substituents is 1. The summed E-state index contributed by atoms with van der Waals surface area (Å²) in [5, 5.41) is 62.0. The summed E-state index contributed by atoms with van der Waals surface area (Å²) in [7, 11) is -1.79. The first-order valence-corrected chi connectivity index (χ1v) is 15.1. The number of carbonyl (C=O) groups excluding carboxylic acids is 2. The van der Waals surface area contributed by atoms with Crippen LogP contribution in [0.3, 0.4) is 0 Å². The van der Waals surface area contributed by atoms with E-state index in [-0.39, 0.29) is 29.7 Å². The molecule has 0 aromatic heterocycles. The molecule has 9 nitrogen and oxygen atoms in total. The first-order chi connectivity index (χ1) is 21.5. The van der Waals surface area contributed by atoms with E-state index in [1.165, 1.54) is 24.3 Å². The quantitative estimate of drug-likeness (QED) is 0.0884. The highest BCUT2D eigenvalue weighted by molar-refractivity contribution is 6.58. The van der Waals surface area contributed by atoms with Crippen molar-refractivity contribution in [1.29, 1.82) is 0 Å². The topological polar surface area (TPSA) is 159 Å². The summed E-state index contributed by atoms with van der Waals surface area (Å²) in [6.45, 7) is 2.73. The van der Waals surface area contributed by atoms with Crippen LogP contribution in [-0.2, 0) is 9.59 Å². The molecule has 1 heterocycles. The summed E-state index contributed by atoms with van der Waals surface area (Å²) in [4.78, 5) is 28.3. The van der Waals surface area contributed by atoms with Gasteiger partial charge in [0.1, 0.15) is 5.75 Å². The lowest BCUT2D eigenvalue weighted by Crippen LogP contribution is -2.39. The molecule has 0 radical (unpaired) electrons. The second-order valence-corrected chi connectivity index (χ2v) is 11.9. The normalized spacial score (nSPS) is 20.9. The van der Waals surface area contributed by atoms with Crippen LogP contribution >= 0.6 is 0 Å². The van der Waals surface area contributed by atoms with Crippen molar-refractivity contribution < 1.29 is 40.1 Å². The molecule has 4 atom stereocenters. The molecule has 234 valence electrons. The van der Waals surface area contributed by atoms with Gasteiger partial charge in [-0.1, -0.05) is 48.5 Å². The summed E-state index contributed by atoms with van der Waals surface area (Å²) in [6, 6.07) is 19.4. The van der Waals surface area contributed by atoms with Crippen molar-refractivity contribution in [3.8, 4) is 5.75 Å². The molecule has 45 heavy (non-hydrogen) atoms. The molecule has 1 aliphatic heterocycles. The lowest BCUT2D eigenvalue weighted by molar-refractivity contribution is -0.123. The van der Waals surface area contributed by atoms with Gasteiger partial charge in [0, 0.05) is 5.92 Å². The fourth-order valence-corrected chi connectivity index (χ4v) is 6.86. The first-order valence-electron chi connectivity index (χ1n) is 15.1. The maximum Gasteiger partial charge on any atom is 0.488 e. The molecular weight excluding hydrogens is 573 g/mol. The van der Waals surface area contributed by atoms with E-state index in [1.807, 2.05) is 62.4 Å². The predicted octanol–water partition coefficient (Wildman–Crippen LogP) is 2.48. The summed E-state index contributed by atoms with van der Waals surface area (Å²) in [5.41, 5.74) is 5.40. The third kappa shape index (κ3) is 6.38. The molecule has 10 heteroatoms. The van der Waals surface area contributed by atoms with Crippen molar-refractivity contribution in [2.45, 2.75) is 39.2 Å². The maximum atomic E-state index is 13.8. The highest BCUT2D eigenvalue weighted by Crippen LogP contribution is 2.47. The SMILES string of the molecule is Cc1cc(/C=C(/CC[C@@H](O)C2=C(CO)C[C@H]3C(=O)N(c4cccc(B(O)O)c4)C(=O)[C@H]3[C@H]2CO)c2ccccc2)cc(C)c1O. The number of carbonyl (C=O) groups is 2. The van der Waals surface area contributed by atoms with Gasteiger partial charge in [0.2, 0.25) is 11.8 Å². The van der Waals surface area contributed by atoms with Gasteiger partial charge in [-0.25, -0.2) is 0 Å². The Morgan fingerprint density at radius 1 is 0.978 bits per heavy atom. The number of fused-ring (bicyclic) bond motifs is 1. The highest BCUT2D eigenvalue weighted by Gasteiger charge is 2.55. The van der Waals surface area contributed by atoms with E-state index in [4.69, 9.17) is 0 Å². The number of hydrogen-bond donors (Lipinski definition) is 6. The van der Waals surface area contributed by atoms with E-state index in [0.29, 0.717) is 17.6 Å². The van der Waals surface area contributed by atoms with E-state index in [2.05, 4.69) is 0 Å². The molecule has 0 spiro atoms. The van der Waals surface area contributed by atoms with Crippen LogP contribution in [0.5, 0.6) is 5.75 Å². The minimum Gasteiger partial charge on any atom is -0.507 e. The lowest BCUT2D eigenvalue weighted by Gasteiger charge is -2.36. The molecule has 1 aliphatic carbocycles. The molecule has 3 aromatic carbocycles. The Bertz CT molecular complexity index is 1630. The number of aromatic hydroxyl groups is 1. The number of rotatable bonds is 10. The molecule has 5 rings (SSSR count). The second-order valence-electron chi connectivity index (χ2n) is 11.9. The van der Waals surface area contributed by atoms with Crippen LogP contribution in [-0.4, -0.2) is 68.7 Å². The molecule has 1 saturated heterocycles. The van der Waals surface area contributed by atoms with Gasteiger partial charge < -0.3 is 30.5 Å². The summed E-state index contributed by atoms with van der Waals surface area (Å²) in [6.07, 6.45) is 1.61. The molecule has 0 unspecified atom stereocenters. The van der Waals surface area contributed by atoms with Gasteiger partial charge in [0.15, 0.2) is 0 Å². The van der Waals surface area contributed by atoms with Crippen molar-refractivity contribution in [1.82, 2.24) is 0 Å². The van der Waals surface area contributed by atoms with E-state index < -0.39 is 56.0 Å². The minimum absolute atomic E-state index is 0.0564. The smallest absolute Gasteiger partial charge is 0.488 e. The summed E-state index contributed by atoms with van der Waals surface area (Å²) >= 11 is 0. The van der Waals surface area contributed by atoms with Gasteiger partial charge in [-0.05, 0) is 102 Å². The molecule has 0 bridgehead atoms.